The molecule has 196 valence electrons. The van der Waals surface area contributed by atoms with Crippen molar-refractivity contribution in [3.05, 3.63) is 71.8 Å². The Bertz CT molecular complexity index is 1420. The number of carbonyl (C=O) groups is 2. The van der Waals surface area contributed by atoms with E-state index >= 15 is 0 Å². The van der Waals surface area contributed by atoms with Crippen molar-refractivity contribution in [2.75, 3.05) is 25.5 Å². The van der Waals surface area contributed by atoms with Crippen LogP contribution in [0.15, 0.2) is 65.6 Å². The van der Waals surface area contributed by atoms with E-state index in [0.29, 0.717) is 41.5 Å². The van der Waals surface area contributed by atoms with Crippen LogP contribution in [0.5, 0.6) is 0 Å². The second-order valence-corrected chi connectivity index (χ2v) is 11.4. The normalized spacial score (nSPS) is 19.0. The highest BCUT2D eigenvalue weighted by molar-refractivity contribution is 7.89. The van der Waals surface area contributed by atoms with Crippen molar-refractivity contribution >= 4 is 38.3 Å². The zero-order valence-electron chi connectivity index (χ0n) is 21.6. The average Bonchev–Trinajstić information content (AvgIpc) is 2.88. The number of aryl methyl sites for hydroxylation is 1. The summed E-state index contributed by atoms with van der Waals surface area (Å²) in [4.78, 5) is 27.4. The van der Waals surface area contributed by atoms with Gasteiger partial charge in [0.25, 0.3) is 5.91 Å². The van der Waals surface area contributed by atoms with Crippen LogP contribution in [-0.2, 0) is 14.8 Å². The van der Waals surface area contributed by atoms with Crippen LogP contribution >= 0.6 is 0 Å². The third-order valence-electron chi connectivity index (χ3n) is 7.14. The van der Waals surface area contributed by atoms with Gasteiger partial charge >= 0.3 is 0 Å². The summed E-state index contributed by atoms with van der Waals surface area (Å²) in [5, 5.41) is 7.07. The summed E-state index contributed by atoms with van der Waals surface area (Å²) < 4.78 is 30.0. The predicted octanol–water partition coefficient (Wildman–Crippen LogP) is 3.52. The molecule has 1 aliphatic rings. The van der Waals surface area contributed by atoms with Gasteiger partial charge in [-0.05, 0) is 57.0 Å². The number of carbonyl (C=O) groups excluding carboxylic acids is 2. The number of piperidine rings is 1. The second-order valence-electron chi connectivity index (χ2n) is 9.71. The van der Waals surface area contributed by atoms with E-state index in [1.165, 1.54) is 0 Å². The van der Waals surface area contributed by atoms with Gasteiger partial charge in [0, 0.05) is 41.2 Å². The molecule has 1 fully saturated rings. The minimum absolute atomic E-state index is 0.0185. The fraction of sp³-hybridized carbons (Fsp3) is 0.357. The first-order valence-electron chi connectivity index (χ1n) is 12.5. The summed E-state index contributed by atoms with van der Waals surface area (Å²) in [6, 6.07) is 17.1. The minimum atomic E-state index is -3.86. The van der Waals surface area contributed by atoms with Gasteiger partial charge in [0.05, 0.1) is 10.9 Å². The molecule has 0 aromatic heterocycles. The second kappa shape index (κ2) is 11.0. The molecule has 3 N–H and O–H groups in total. The van der Waals surface area contributed by atoms with Gasteiger partial charge in [0.15, 0.2) is 0 Å². The average molecular weight is 523 g/mol. The van der Waals surface area contributed by atoms with Crippen LogP contribution in [0, 0.1) is 12.8 Å². The summed E-state index contributed by atoms with van der Waals surface area (Å²) in [7, 11) is -2.11. The van der Waals surface area contributed by atoms with Crippen LogP contribution in [-0.4, -0.2) is 57.4 Å². The van der Waals surface area contributed by atoms with Gasteiger partial charge in [-0.25, -0.2) is 13.1 Å². The molecule has 0 saturated carbocycles. The highest BCUT2D eigenvalue weighted by Gasteiger charge is 2.33. The van der Waals surface area contributed by atoms with E-state index in [4.69, 9.17) is 0 Å². The molecule has 1 aliphatic heterocycles. The smallest absolute Gasteiger partial charge is 0.255 e. The number of likely N-dealkylation sites (N-methyl/N-ethyl adjacent to an activating group) is 1. The van der Waals surface area contributed by atoms with E-state index in [-0.39, 0.29) is 34.7 Å². The molecule has 8 nitrogen and oxygen atoms in total. The molecule has 0 spiro atoms. The molecule has 0 bridgehead atoms. The topological polar surface area (TPSA) is 108 Å². The SMILES string of the molecule is CN[C@@H](C)C(=O)N1CC[C@@H](NS(=O)(=O)c2cccc3c(NC(=O)c4ccccc4C)cccc23)[C@@H](C)C1. The Labute approximate surface area is 218 Å². The summed E-state index contributed by atoms with van der Waals surface area (Å²) in [5.41, 5.74) is 1.96. The molecule has 9 heteroatoms. The lowest BCUT2D eigenvalue weighted by Gasteiger charge is -2.38. The van der Waals surface area contributed by atoms with Gasteiger partial charge in [-0.1, -0.05) is 49.4 Å². The van der Waals surface area contributed by atoms with Crippen molar-refractivity contribution in [2.24, 2.45) is 5.92 Å². The molecule has 2 amide bonds. The maximum atomic E-state index is 13.5. The van der Waals surface area contributed by atoms with Crippen molar-refractivity contribution in [2.45, 2.75) is 44.2 Å². The highest BCUT2D eigenvalue weighted by Crippen LogP contribution is 2.30. The molecule has 1 heterocycles. The number of rotatable bonds is 7. The number of benzene rings is 3. The molecular formula is C28H34N4O4S. The zero-order chi connectivity index (χ0) is 26.7. The quantitative estimate of drug-likeness (QED) is 0.440. The number of sulfonamides is 1. The third kappa shape index (κ3) is 5.69. The van der Waals surface area contributed by atoms with E-state index in [1.807, 2.05) is 39.0 Å². The molecule has 0 aliphatic carbocycles. The zero-order valence-corrected chi connectivity index (χ0v) is 22.4. The highest BCUT2D eigenvalue weighted by atomic mass is 32.2. The first kappa shape index (κ1) is 26.8. The van der Waals surface area contributed by atoms with E-state index < -0.39 is 10.0 Å². The summed E-state index contributed by atoms with van der Waals surface area (Å²) in [6.45, 7) is 6.63. The van der Waals surface area contributed by atoms with Gasteiger partial charge in [-0.15, -0.1) is 0 Å². The molecule has 3 aromatic carbocycles. The van der Waals surface area contributed by atoms with Gasteiger partial charge < -0.3 is 15.5 Å². The Morgan fingerprint density at radius 2 is 1.70 bits per heavy atom. The molecule has 3 aromatic rings. The monoisotopic (exact) mass is 522 g/mol. The predicted molar refractivity (Wildman–Crippen MR) is 146 cm³/mol. The number of nitrogens with zero attached hydrogens (tertiary/aromatic N) is 1. The molecule has 1 saturated heterocycles. The third-order valence-corrected chi connectivity index (χ3v) is 8.68. The van der Waals surface area contributed by atoms with E-state index in [1.54, 1.807) is 54.4 Å². The van der Waals surface area contributed by atoms with Gasteiger partial charge in [0.1, 0.15) is 0 Å². The standard InChI is InChI=1S/C28H34N4O4S/c1-18-9-5-6-10-21(18)27(33)30-25-13-7-12-23-22(25)11-8-14-26(23)37(35,36)31-24-15-16-32(17-19(24)2)28(34)20(3)29-4/h5-14,19-20,24,29,31H,15-17H2,1-4H3,(H,30,33)/t19-,20-,24+/m0/s1. The first-order chi connectivity index (χ1) is 17.6. The van der Waals surface area contributed by atoms with Crippen molar-refractivity contribution in [3.63, 3.8) is 0 Å². The van der Waals surface area contributed by atoms with Crippen LogP contribution in [0.3, 0.4) is 0 Å². The van der Waals surface area contributed by atoms with E-state index in [2.05, 4.69) is 15.4 Å². The molecule has 0 unspecified atom stereocenters. The first-order valence-corrected chi connectivity index (χ1v) is 14.0. The van der Waals surface area contributed by atoms with E-state index in [0.717, 1.165) is 5.56 Å². The maximum absolute atomic E-state index is 13.5. The number of nitrogens with one attached hydrogen (secondary N) is 3. The summed E-state index contributed by atoms with van der Waals surface area (Å²) in [6.07, 6.45) is 0.533. The molecule has 4 rings (SSSR count). The molecular weight excluding hydrogens is 488 g/mol. The van der Waals surface area contributed by atoms with Crippen molar-refractivity contribution in [1.82, 2.24) is 14.9 Å². The Kier molecular flexibility index (Phi) is 7.96. The van der Waals surface area contributed by atoms with Crippen molar-refractivity contribution < 1.29 is 18.0 Å². The van der Waals surface area contributed by atoms with Crippen LogP contribution in [0.2, 0.25) is 0 Å². The number of hydrogen-bond donors (Lipinski definition) is 3. The van der Waals surface area contributed by atoms with Crippen molar-refractivity contribution in [3.8, 4) is 0 Å². The van der Waals surface area contributed by atoms with Crippen molar-refractivity contribution in [1.29, 1.82) is 0 Å². The Balaban J connectivity index is 1.56. The van der Waals surface area contributed by atoms with Crippen LogP contribution < -0.4 is 15.4 Å². The molecule has 37 heavy (non-hydrogen) atoms. The van der Waals surface area contributed by atoms with Gasteiger partial charge in [-0.3, -0.25) is 9.59 Å². The van der Waals surface area contributed by atoms with Crippen LogP contribution in [0.1, 0.15) is 36.2 Å². The fourth-order valence-electron chi connectivity index (χ4n) is 4.82. The Morgan fingerprint density at radius 3 is 2.41 bits per heavy atom. The van der Waals surface area contributed by atoms with Crippen LogP contribution in [0.25, 0.3) is 10.8 Å². The number of likely N-dealkylation sites (tertiary alicyclic amines) is 1. The maximum Gasteiger partial charge on any atom is 0.255 e. The summed E-state index contributed by atoms with van der Waals surface area (Å²) in [5.74, 6) is -0.278. The minimum Gasteiger partial charge on any atom is -0.341 e. The Hall–Kier alpha value is -3.27. The number of anilines is 1. The Morgan fingerprint density at radius 1 is 1.00 bits per heavy atom. The summed E-state index contributed by atoms with van der Waals surface area (Å²) >= 11 is 0. The number of amides is 2. The van der Waals surface area contributed by atoms with Gasteiger partial charge in [-0.2, -0.15) is 0 Å². The molecule has 0 radical (unpaired) electrons. The lowest BCUT2D eigenvalue weighted by molar-refractivity contribution is -0.134. The fourth-order valence-corrected chi connectivity index (χ4v) is 6.42. The number of hydrogen-bond acceptors (Lipinski definition) is 5. The lowest BCUT2D eigenvalue weighted by Crippen LogP contribution is -2.54. The largest absolute Gasteiger partial charge is 0.341 e. The van der Waals surface area contributed by atoms with Crippen LogP contribution in [0.4, 0.5) is 5.69 Å². The number of fused-ring (bicyclic) bond motifs is 1. The van der Waals surface area contributed by atoms with E-state index in [9.17, 15) is 18.0 Å². The van der Waals surface area contributed by atoms with Gasteiger partial charge in [0.2, 0.25) is 15.9 Å². The molecule has 3 atom stereocenters. The lowest BCUT2D eigenvalue weighted by atomic mass is 9.94.